The molecule has 0 bridgehead atoms. The molecule has 0 aliphatic carbocycles. The average Bonchev–Trinajstić information content (AvgIpc) is 3.09. The van der Waals surface area contributed by atoms with Gasteiger partial charge in [-0.3, -0.25) is 9.59 Å². The zero-order valence-electron chi connectivity index (χ0n) is 18.8. The summed E-state index contributed by atoms with van der Waals surface area (Å²) in [6.07, 6.45) is 0. The Balaban J connectivity index is 1.75. The second kappa shape index (κ2) is 9.44. The summed E-state index contributed by atoms with van der Waals surface area (Å²) in [5, 5.41) is 0. The monoisotopic (exact) mass is 435 g/mol. The molecule has 7 heteroatoms. The number of rotatable bonds is 7. The smallest absolute Gasteiger partial charge is 0.282 e. The van der Waals surface area contributed by atoms with Crippen molar-refractivity contribution in [2.75, 3.05) is 51.3 Å². The number of amides is 2. The van der Waals surface area contributed by atoms with E-state index in [0.29, 0.717) is 53.7 Å². The lowest BCUT2D eigenvalue weighted by Gasteiger charge is -2.36. The third-order valence-electron chi connectivity index (χ3n) is 5.96. The molecule has 1 fully saturated rings. The van der Waals surface area contributed by atoms with E-state index in [1.165, 1.54) is 4.90 Å². The summed E-state index contributed by atoms with van der Waals surface area (Å²) in [6, 6.07) is 14.4. The van der Waals surface area contributed by atoms with E-state index < -0.39 is 0 Å². The highest BCUT2D eigenvalue weighted by atomic mass is 16.5. The average molecular weight is 436 g/mol. The molecular weight excluding hydrogens is 406 g/mol. The molecule has 2 aliphatic rings. The van der Waals surface area contributed by atoms with Crippen LogP contribution in [0.4, 0.5) is 5.69 Å². The molecule has 0 radical (unpaired) electrons. The molecule has 0 aromatic heterocycles. The van der Waals surface area contributed by atoms with Gasteiger partial charge in [-0.2, -0.15) is 0 Å². The van der Waals surface area contributed by atoms with Crippen molar-refractivity contribution >= 4 is 23.1 Å². The minimum absolute atomic E-state index is 0.292. The van der Waals surface area contributed by atoms with Crippen molar-refractivity contribution in [2.24, 2.45) is 0 Å². The zero-order valence-corrected chi connectivity index (χ0v) is 18.8. The largest absolute Gasteiger partial charge is 0.497 e. The summed E-state index contributed by atoms with van der Waals surface area (Å²) in [4.78, 5) is 33.0. The fraction of sp³-hybridized carbons (Fsp3) is 0.360. The van der Waals surface area contributed by atoms with Crippen LogP contribution in [0.5, 0.6) is 11.5 Å². The lowest BCUT2D eigenvalue weighted by molar-refractivity contribution is -0.120. The van der Waals surface area contributed by atoms with Crippen molar-refractivity contribution in [3.05, 3.63) is 59.8 Å². The minimum atomic E-state index is -0.318. The van der Waals surface area contributed by atoms with Crippen molar-refractivity contribution in [3.63, 3.8) is 0 Å². The molecule has 2 aromatic carbocycles. The molecule has 0 atom stereocenters. The van der Waals surface area contributed by atoms with Gasteiger partial charge in [0.25, 0.3) is 11.8 Å². The third-order valence-corrected chi connectivity index (χ3v) is 5.96. The maximum absolute atomic E-state index is 13.7. The maximum Gasteiger partial charge on any atom is 0.282 e. The van der Waals surface area contributed by atoms with Gasteiger partial charge in [0.1, 0.15) is 17.2 Å². The first kappa shape index (κ1) is 21.9. The molecule has 1 saturated heterocycles. The standard InChI is InChI=1S/C25H29N3O4/c1-4-26-13-15-27(16-14-26)23-22(18-9-11-20(31-3)12-10-18)24(29)28(25(23)30)19-7-6-8-21(17-19)32-5-2/h6-12,17H,4-5,13-16H2,1-3H3. The van der Waals surface area contributed by atoms with Crippen molar-refractivity contribution in [3.8, 4) is 11.5 Å². The lowest BCUT2D eigenvalue weighted by Crippen LogP contribution is -2.47. The summed E-state index contributed by atoms with van der Waals surface area (Å²) in [5.41, 5.74) is 2.13. The molecule has 0 spiro atoms. The third kappa shape index (κ3) is 4.08. The van der Waals surface area contributed by atoms with Crippen LogP contribution in [0, 0.1) is 0 Å². The number of anilines is 1. The molecule has 0 unspecified atom stereocenters. The van der Waals surface area contributed by atoms with Crippen LogP contribution >= 0.6 is 0 Å². The SMILES string of the molecule is CCOc1cccc(N2C(=O)C(c3ccc(OC)cc3)=C(N3CCN(CC)CC3)C2=O)c1. The van der Waals surface area contributed by atoms with E-state index in [2.05, 4.69) is 16.7 Å². The first-order valence-corrected chi connectivity index (χ1v) is 11.0. The first-order valence-electron chi connectivity index (χ1n) is 11.0. The highest BCUT2D eigenvalue weighted by Crippen LogP contribution is 2.36. The number of nitrogens with zero attached hydrogens (tertiary/aromatic N) is 3. The number of imide groups is 1. The Hall–Kier alpha value is -3.32. The number of carbonyl (C=O) groups is 2. The van der Waals surface area contributed by atoms with Gasteiger partial charge in [-0.05, 0) is 43.3 Å². The fourth-order valence-electron chi connectivity index (χ4n) is 4.23. The highest BCUT2D eigenvalue weighted by Gasteiger charge is 2.43. The number of methoxy groups -OCH3 is 1. The second-order valence-corrected chi connectivity index (χ2v) is 7.75. The van der Waals surface area contributed by atoms with Crippen LogP contribution in [0.15, 0.2) is 54.2 Å². The van der Waals surface area contributed by atoms with Gasteiger partial charge in [-0.1, -0.05) is 25.1 Å². The Morgan fingerprint density at radius 3 is 2.22 bits per heavy atom. The Kier molecular flexibility index (Phi) is 6.46. The van der Waals surface area contributed by atoms with E-state index in [4.69, 9.17) is 9.47 Å². The Labute approximate surface area is 188 Å². The summed E-state index contributed by atoms with van der Waals surface area (Å²) in [7, 11) is 1.60. The summed E-state index contributed by atoms with van der Waals surface area (Å²) >= 11 is 0. The zero-order chi connectivity index (χ0) is 22.7. The summed E-state index contributed by atoms with van der Waals surface area (Å²) in [5.74, 6) is 0.716. The Morgan fingerprint density at radius 2 is 1.59 bits per heavy atom. The van der Waals surface area contributed by atoms with Gasteiger partial charge in [0.15, 0.2) is 0 Å². The van der Waals surface area contributed by atoms with Gasteiger partial charge >= 0.3 is 0 Å². The van der Waals surface area contributed by atoms with Crippen LogP contribution in [-0.2, 0) is 9.59 Å². The van der Waals surface area contributed by atoms with E-state index in [0.717, 1.165) is 19.6 Å². The van der Waals surface area contributed by atoms with E-state index in [1.807, 2.05) is 37.3 Å². The molecule has 0 saturated carbocycles. The molecule has 32 heavy (non-hydrogen) atoms. The molecule has 2 heterocycles. The molecule has 2 aromatic rings. The molecule has 0 N–H and O–H groups in total. The highest BCUT2D eigenvalue weighted by molar-refractivity contribution is 6.45. The number of piperazine rings is 1. The molecular formula is C25H29N3O4. The van der Waals surface area contributed by atoms with Gasteiger partial charge in [0.05, 0.1) is 25.0 Å². The number of benzene rings is 2. The molecule has 7 nitrogen and oxygen atoms in total. The fourth-order valence-corrected chi connectivity index (χ4v) is 4.23. The minimum Gasteiger partial charge on any atom is -0.497 e. The van der Waals surface area contributed by atoms with Crippen LogP contribution in [0.2, 0.25) is 0 Å². The van der Waals surface area contributed by atoms with Crippen LogP contribution in [0.25, 0.3) is 5.57 Å². The van der Waals surface area contributed by atoms with Gasteiger partial charge in [-0.25, -0.2) is 4.90 Å². The number of hydrogen-bond donors (Lipinski definition) is 0. The molecule has 4 rings (SSSR count). The number of hydrogen-bond acceptors (Lipinski definition) is 6. The molecule has 2 aliphatic heterocycles. The molecule has 2 amide bonds. The van der Waals surface area contributed by atoms with E-state index in [-0.39, 0.29) is 11.8 Å². The van der Waals surface area contributed by atoms with Crippen LogP contribution in [-0.4, -0.2) is 68.1 Å². The second-order valence-electron chi connectivity index (χ2n) is 7.75. The predicted molar refractivity (Wildman–Crippen MR) is 124 cm³/mol. The van der Waals surface area contributed by atoms with Crippen molar-refractivity contribution in [2.45, 2.75) is 13.8 Å². The van der Waals surface area contributed by atoms with Crippen LogP contribution < -0.4 is 14.4 Å². The number of ether oxygens (including phenoxy) is 2. The van der Waals surface area contributed by atoms with Gasteiger partial charge in [-0.15, -0.1) is 0 Å². The van der Waals surface area contributed by atoms with Crippen LogP contribution in [0.3, 0.4) is 0 Å². The van der Waals surface area contributed by atoms with E-state index >= 15 is 0 Å². The number of likely N-dealkylation sites (N-methyl/N-ethyl adjacent to an activating group) is 1. The van der Waals surface area contributed by atoms with E-state index in [1.54, 1.807) is 25.3 Å². The van der Waals surface area contributed by atoms with E-state index in [9.17, 15) is 9.59 Å². The van der Waals surface area contributed by atoms with Gasteiger partial charge in [0, 0.05) is 32.2 Å². The summed E-state index contributed by atoms with van der Waals surface area (Å²) in [6.45, 7) is 8.64. The lowest BCUT2D eigenvalue weighted by atomic mass is 10.0. The van der Waals surface area contributed by atoms with Gasteiger partial charge in [0.2, 0.25) is 0 Å². The van der Waals surface area contributed by atoms with Crippen molar-refractivity contribution < 1.29 is 19.1 Å². The normalized spacial score (nSPS) is 17.3. The Morgan fingerprint density at radius 1 is 0.875 bits per heavy atom. The van der Waals surface area contributed by atoms with Crippen molar-refractivity contribution in [1.82, 2.24) is 9.80 Å². The maximum atomic E-state index is 13.7. The number of carbonyl (C=O) groups excluding carboxylic acids is 2. The Bertz CT molecular complexity index is 1020. The molecule has 168 valence electrons. The predicted octanol–water partition coefficient (Wildman–Crippen LogP) is 3.02. The quantitative estimate of drug-likeness (QED) is 0.623. The van der Waals surface area contributed by atoms with Crippen LogP contribution in [0.1, 0.15) is 19.4 Å². The topological polar surface area (TPSA) is 62.3 Å². The first-order chi connectivity index (χ1) is 15.6. The van der Waals surface area contributed by atoms with Crippen molar-refractivity contribution in [1.29, 1.82) is 0 Å². The van der Waals surface area contributed by atoms with Gasteiger partial charge < -0.3 is 19.3 Å². The summed E-state index contributed by atoms with van der Waals surface area (Å²) < 4.78 is 10.9.